The van der Waals surface area contributed by atoms with Gasteiger partial charge in [-0.3, -0.25) is 4.79 Å². The summed E-state index contributed by atoms with van der Waals surface area (Å²) in [6.45, 7) is -0.161. The Morgan fingerprint density at radius 1 is 1.22 bits per heavy atom. The van der Waals surface area contributed by atoms with Crippen LogP contribution in [0, 0.1) is 11.3 Å². The van der Waals surface area contributed by atoms with Gasteiger partial charge in [-0.15, -0.1) is 0 Å². The van der Waals surface area contributed by atoms with Gasteiger partial charge in [-0.05, 0) is 24.3 Å². The van der Waals surface area contributed by atoms with E-state index in [0.717, 1.165) is 11.0 Å². The van der Waals surface area contributed by atoms with Crippen molar-refractivity contribution in [1.82, 2.24) is 9.55 Å². The fourth-order valence-corrected chi connectivity index (χ4v) is 2.45. The normalized spacial score (nSPS) is 11.8. The van der Waals surface area contributed by atoms with Crippen molar-refractivity contribution in [1.29, 1.82) is 5.26 Å². The van der Waals surface area contributed by atoms with Crippen molar-refractivity contribution in [2.45, 2.75) is 5.92 Å². The third-order valence-corrected chi connectivity index (χ3v) is 3.66. The van der Waals surface area contributed by atoms with E-state index in [1.165, 1.54) is 0 Å². The SMILES string of the molecule is Cn1c(C(C#N)C(=O)COc2ccccc2)nc2ccccc21. The molecule has 5 nitrogen and oxygen atoms in total. The fourth-order valence-electron chi connectivity index (χ4n) is 2.45. The van der Waals surface area contributed by atoms with Gasteiger partial charge in [-0.2, -0.15) is 5.26 Å². The summed E-state index contributed by atoms with van der Waals surface area (Å²) in [5.74, 6) is -0.219. The molecule has 3 aromatic rings. The maximum absolute atomic E-state index is 12.4. The Morgan fingerprint density at radius 3 is 2.61 bits per heavy atom. The van der Waals surface area contributed by atoms with E-state index in [0.29, 0.717) is 11.6 Å². The Hall–Kier alpha value is -3.13. The number of nitrogens with zero attached hydrogens (tertiary/aromatic N) is 3. The number of ether oxygens (including phenoxy) is 1. The summed E-state index contributed by atoms with van der Waals surface area (Å²) < 4.78 is 7.23. The lowest BCUT2D eigenvalue weighted by Gasteiger charge is -2.10. The van der Waals surface area contributed by atoms with Gasteiger partial charge in [0.25, 0.3) is 0 Å². The number of Topliss-reactive ketones (excluding diaryl/α,β-unsaturated/α-hetero) is 1. The second-order valence-electron chi connectivity index (χ2n) is 5.15. The maximum atomic E-state index is 12.4. The van der Waals surface area contributed by atoms with Crippen LogP contribution in [0.3, 0.4) is 0 Å². The molecule has 0 spiro atoms. The first-order valence-electron chi connectivity index (χ1n) is 7.22. The molecular formula is C18H15N3O2. The van der Waals surface area contributed by atoms with Crippen LogP contribution in [-0.4, -0.2) is 21.9 Å². The van der Waals surface area contributed by atoms with Crippen LogP contribution in [0.1, 0.15) is 11.7 Å². The number of carbonyl (C=O) groups is 1. The monoisotopic (exact) mass is 305 g/mol. The standard InChI is InChI=1S/C18H15N3O2/c1-21-16-10-6-5-9-15(16)20-18(21)14(11-19)17(22)12-23-13-7-3-2-4-8-13/h2-10,14H,12H2,1H3. The molecule has 0 N–H and O–H groups in total. The molecule has 0 aliphatic rings. The van der Waals surface area contributed by atoms with Gasteiger partial charge in [-0.25, -0.2) is 4.98 Å². The number of aryl methyl sites for hydroxylation is 1. The molecule has 1 aromatic heterocycles. The van der Waals surface area contributed by atoms with E-state index in [1.54, 1.807) is 23.7 Å². The first-order chi connectivity index (χ1) is 11.2. The summed E-state index contributed by atoms with van der Waals surface area (Å²) in [4.78, 5) is 16.8. The van der Waals surface area contributed by atoms with Gasteiger partial charge in [0.05, 0.1) is 17.1 Å². The topological polar surface area (TPSA) is 67.9 Å². The quantitative estimate of drug-likeness (QED) is 0.727. The van der Waals surface area contributed by atoms with Crippen LogP contribution >= 0.6 is 0 Å². The number of nitriles is 1. The lowest BCUT2D eigenvalue weighted by molar-refractivity contribution is -0.121. The van der Waals surface area contributed by atoms with Crippen molar-refractivity contribution in [3.05, 3.63) is 60.4 Å². The van der Waals surface area contributed by atoms with Crippen molar-refractivity contribution in [3.63, 3.8) is 0 Å². The second kappa shape index (κ2) is 6.32. The molecule has 114 valence electrons. The van der Waals surface area contributed by atoms with Gasteiger partial charge < -0.3 is 9.30 Å². The van der Waals surface area contributed by atoms with Crippen LogP contribution in [0.15, 0.2) is 54.6 Å². The van der Waals surface area contributed by atoms with Gasteiger partial charge >= 0.3 is 0 Å². The molecule has 23 heavy (non-hydrogen) atoms. The van der Waals surface area contributed by atoms with Gasteiger partial charge in [0.1, 0.15) is 18.2 Å². The molecule has 2 aromatic carbocycles. The van der Waals surface area contributed by atoms with E-state index in [-0.39, 0.29) is 12.4 Å². The predicted molar refractivity (Wildman–Crippen MR) is 86.0 cm³/mol. The Balaban J connectivity index is 1.82. The first kappa shape index (κ1) is 14.8. The average Bonchev–Trinajstić information content (AvgIpc) is 2.92. The van der Waals surface area contributed by atoms with Crippen LogP contribution in [0.25, 0.3) is 11.0 Å². The molecule has 0 radical (unpaired) electrons. The minimum atomic E-state index is -0.948. The number of aromatic nitrogens is 2. The number of hydrogen-bond acceptors (Lipinski definition) is 4. The van der Waals surface area contributed by atoms with E-state index >= 15 is 0 Å². The fraction of sp³-hybridized carbons (Fsp3) is 0.167. The maximum Gasteiger partial charge on any atom is 0.194 e. The van der Waals surface area contributed by atoms with Crippen molar-refractivity contribution in [2.75, 3.05) is 6.61 Å². The lowest BCUT2D eigenvalue weighted by Crippen LogP contribution is -2.21. The van der Waals surface area contributed by atoms with Crippen molar-refractivity contribution >= 4 is 16.8 Å². The second-order valence-corrected chi connectivity index (χ2v) is 5.15. The van der Waals surface area contributed by atoms with Crippen molar-refractivity contribution < 1.29 is 9.53 Å². The van der Waals surface area contributed by atoms with Gasteiger partial charge in [0, 0.05) is 7.05 Å². The number of fused-ring (bicyclic) bond motifs is 1. The highest BCUT2D eigenvalue weighted by Gasteiger charge is 2.26. The molecule has 3 rings (SSSR count). The van der Waals surface area contributed by atoms with Gasteiger partial charge in [0.2, 0.25) is 0 Å². The number of para-hydroxylation sites is 3. The van der Waals surface area contributed by atoms with E-state index in [1.807, 2.05) is 48.5 Å². The minimum absolute atomic E-state index is 0.161. The molecule has 0 fully saturated rings. The number of imidazole rings is 1. The Bertz CT molecular complexity index is 878. The molecule has 1 atom stereocenters. The first-order valence-corrected chi connectivity index (χ1v) is 7.22. The van der Waals surface area contributed by atoms with Gasteiger partial charge in [-0.1, -0.05) is 30.3 Å². The summed E-state index contributed by atoms with van der Waals surface area (Å²) in [5.41, 5.74) is 1.65. The third-order valence-electron chi connectivity index (χ3n) is 3.66. The van der Waals surface area contributed by atoms with Crippen molar-refractivity contribution in [3.8, 4) is 11.8 Å². The molecule has 1 unspecified atom stereocenters. The van der Waals surface area contributed by atoms with Crippen LogP contribution in [0.2, 0.25) is 0 Å². The minimum Gasteiger partial charge on any atom is -0.486 e. The highest BCUT2D eigenvalue weighted by atomic mass is 16.5. The zero-order valence-corrected chi connectivity index (χ0v) is 12.6. The Morgan fingerprint density at radius 2 is 1.91 bits per heavy atom. The summed E-state index contributed by atoms with van der Waals surface area (Å²) >= 11 is 0. The highest BCUT2D eigenvalue weighted by molar-refractivity contribution is 5.90. The zero-order chi connectivity index (χ0) is 16.2. The summed E-state index contributed by atoms with van der Waals surface area (Å²) in [6, 6.07) is 18.6. The highest BCUT2D eigenvalue weighted by Crippen LogP contribution is 2.21. The number of rotatable bonds is 5. The number of ketones is 1. The van der Waals surface area contributed by atoms with Gasteiger partial charge in [0.15, 0.2) is 11.7 Å². The summed E-state index contributed by atoms with van der Waals surface area (Å²) in [6.07, 6.45) is 0. The molecular weight excluding hydrogens is 290 g/mol. The van der Waals surface area contributed by atoms with Crippen LogP contribution in [0.4, 0.5) is 0 Å². The lowest BCUT2D eigenvalue weighted by atomic mass is 10.1. The Labute approximate surface area is 133 Å². The zero-order valence-electron chi connectivity index (χ0n) is 12.6. The molecule has 0 aliphatic carbocycles. The Kier molecular flexibility index (Phi) is 4.07. The molecule has 5 heteroatoms. The third kappa shape index (κ3) is 2.92. The molecule has 0 aliphatic heterocycles. The van der Waals surface area contributed by atoms with E-state index in [4.69, 9.17) is 4.74 Å². The number of hydrogen-bond donors (Lipinski definition) is 0. The largest absolute Gasteiger partial charge is 0.486 e. The van der Waals surface area contributed by atoms with E-state index in [2.05, 4.69) is 4.98 Å². The molecule has 0 saturated carbocycles. The van der Waals surface area contributed by atoms with E-state index < -0.39 is 5.92 Å². The van der Waals surface area contributed by atoms with Crippen molar-refractivity contribution in [2.24, 2.45) is 7.05 Å². The molecule has 1 heterocycles. The average molecular weight is 305 g/mol. The predicted octanol–water partition coefficient (Wildman–Crippen LogP) is 2.83. The van der Waals surface area contributed by atoms with Crippen LogP contribution in [0.5, 0.6) is 5.75 Å². The number of carbonyl (C=O) groups excluding carboxylic acids is 1. The molecule has 0 bridgehead atoms. The summed E-state index contributed by atoms with van der Waals surface area (Å²) in [5, 5.41) is 9.42. The summed E-state index contributed by atoms with van der Waals surface area (Å²) in [7, 11) is 1.81. The van der Waals surface area contributed by atoms with Crippen LogP contribution in [-0.2, 0) is 11.8 Å². The van der Waals surface area contributed by atoms with E-state index in [9.17, 15) is 10.1 Å². The van der Waals surface area contributed by atoms with Crippen LogP contribution < -0.4 is 4.74 Å². The smallest absolute Gasteiger partial charge is 0.194 e. The molecule has 0 saturated heterocycles. The molecule has 0 amide bonds. The number of benzene rings is 2.